The maximum atomic E-state index is 12.3. The van der Waals surface area contributed by atoms with E-state index in [0.717, 1.165) is 4.90 Å². The summed E-state index contributed by atoms with van der Waals surface area (Å²) in [4.78, 5) is 37.0. The van der Waals surface area contributed by atoms with Crippen molar-refractivity contribution < 1.29 is 27.9 Å². The smallest absolute Gasteiger partial charge is 0.387 e. The molecule has 0 saturated carbocycles. The second-order valence-electron chi connectivity index (χ2n) is 5.29. The van der Waals surface area contributed by atoms with Gasteiger partial charge in [0.15, 0.2) is 0 Å². The first-order valence-electron chi connectivity index (χ1n) is 7.19. The minimum absolute atomic E-state index is 0.0299. The minimum atomic E-state index is -2.93. The van der Waals surface area contributed by atoms with E-state index < -0.39 is 24.3 Å². The molecule has 0 aromatic heterocycles. The summed E-state index contributed by atoms with van der Waals surface area (Å²) in [5, 5.41) is 2.58. The van der Waals surface area contributed by atoms with Crippen LogP contribution in [0.2, 0.25) is 0 Å². The maximum absolute atomic E-state index is 12.3. The summed E-state index contributed by atoms with van der Waals surface area (Å²) in [6, 6.07) is 9.61. The number of benzene rings is 2. The van der Waals surface area contributed by atoms with E-state index in [9.17, 15) is 23.2 Å². The average Bonchev–Trinajstić information content (AvgIpc) is 2.80. The first-order chi connectivity index (χ1) is 11.9. The van der Waals surface area contributed by atoms with Gasteiger partial charge in [-0.25, -0.2) is 0 Å². The molecule has 3 rings (SSSR count). The highest BCUT2D eigenvalue weighted by Crippen LogP contribution is 2.23. The zero-order valence-electron chi connectivity index (χ0n) is 13.0. The summed E-state index contributed by atoms with van der Waals surface area (Å²) in [5.74, 6) is -1.41. The van der Waals surface area contributed by atoms with Gasteiger partial charge in [0.2, 0.25) is 0 Å². The Morgan fingerprint density at radius 1 is 1.04 bits per heavy atom. The van der Waals surface area contributed by atoms with Gasteiger partial charge in [-0.15, -0.1) is 0 Å². The van der Waals surface area contributed by atoms with E-state index in [2.05, 4.69) is 10.1 Å². The molecule has 0 saturated heterocycles. The van der Waals surface area contributed by atoms with Crippen molar-refractivity contribution in [2.24, 2.45) is 0 Å². The highest BCUT2D eigenvalue weighted by atomic mass is 19.3. The van der Waals surface area contributed by atoms with E-state index >= 15 is 0 Å². The van der Waals surface area contributed by atoms with Crippen LogP contribution in [0.4, 0.5) is 14.5 Å². The lowest BCUT2D eigenvalue weighted by Gasteiger charge is -2.08. The molecule has 1 N–H and O–H groups in total. The van der Waals surface area contributed by atoms with Crippen LogP contribution in [0.3, 0.4) is 0 Å². The van der Waals surface area contributed by atoms with Crippen LogP contribution >= 0.6 is 0 Å². The fourth-order valence-electron chi connectivity index (χ4n) is 2.43. The molecular weight excluding hydrogens is 334 g/mol. The van der Waals surface area contributed by atoms with E-state index in [0.29, 0.717) is 5.69 Å². The monoisotopic (exact) mass is 346 g/mol. The first kappa shape index (κ1) is 16.6. The third kappa shape index (κ3) is 3.18. The van der Waals surface area contributed by atoms with E-state index in [1.165, 1.54) is 49.5 Å². The van der Waals surface area contributed by atoms with Crippen LogP contribution < -0.4 is 10.1 Å². The van der Waals surface area contributed by atoms with Crippen molar-refractivity contribution in [3.8, 4) is 5.75 Å². The number of anilines is 1. The maximum Gasteiger partial charge on any atom is 0.387 e. The van der Waals surface area contributed by atoms with Gasteiger partial charge in [-0.05, 0) is 42.5 Å². The number of ether oxygens (including phenoxy) is 1. The van der Waals surface area contributed by atoms with Gasteiger partial charge in [0, 0.05) is 18.3 Å². The molecule has 0 unspecified atom stereocenters. The standard InChI is InChI=1S/C17H12F2N2O4/c1-21-15(23)12-7-2-9(8-13(12)16(21)24)14(22)20-10-3-5-11(6-4-10)25-17(18)19/h2-8,17H,1H3,(H,20,22). The number of hydrogen-bond donors (Lipinski definition) is 1. The highest BCUT2D eigenvalue weighted by molar-refractivity contribution is 6.22. The lowest BCUT2D eigenvalue weighted by molar-refractivity contribution is -0.0498. The molecule has 2 aromatic carbocycles. The molecule has 0 atom stereocenters. The summed E-state index contributed by atoms with van der Waals surface area (Å²) in [5.41, 5.74) is 0.980. The fraction of sp³-hybridized carbons (Fsp3) is 0.118. The van der Waals surface area contributed by atoms with Crippen LogP contribution in [0.25, 0.3) is 0 Å². The Morgan fingerprint density at radius 2 is 1.68 bits per heavy atom. The summed E-state index contributed by atoms with van der Waals surface area (Å²) < 4.78 is 28.4. The molecule has 8 heteroatoms. The van der Waals surface area contributed by atoms with Gasteiger partial charge in [0.05, 0.1) is 11.1 Å². The van der Waals surface area contributed by atoms with Crippen LogP contribution in [0, 0.1) is 0 Å². The van der Waals surface area contributed by atoms with Crippen molar-refractivity contribution >= 4 is 23.4 Å². The molecule has 3 amide bonds. The molecule has 25 heavy (non-hydrogen) atoms. The molecule has 0 aliphatic carbocycles. The number of carbonyl (C=O) groups excluding carboxylic acids is 3. The Hall–Kier alpha value is -3.29. The van der Waals surface area contributed by atoms with E-state index in [1.807, 2.05) is 0 Å². The molecule has 0 fully saturated rings. The predicted molar refractivity (Wildman–Crippen MR) is 83.9 cm³/mol. The van der Waals surface area contributed by atoms with Crippen molar-refractivity contribution in [2.45, 2.75) is 6.61 Å². The van der Waals surface area contributed by atoms with Crippen LogP contribution in [-0.2, 0) is 0 Å². The number of amides is 3. The second kappa shape index (κ2) is 6.31. The number of carbonyl (C=O) groups is 3. The van der Waals surface area contributed by atoms with Gasteiger partial charge in [-0.3, -0.25) is 19.3 Å². The number of halogens is 2. The number of imide groups is 1. The molecule has 0 radical (unpaired) electrons. The van der Waals surface area contributed by atoms with Gasteiger partial charge in [0.1, 0.15) is 5.75 Å². The molecule has 1 aliphatic rings. The quantitative estimate of drug-likeness (QED) is 0.864. The summed E-state index contributed by atoms with van der Waals surface area (Å²) >= 11 is 0. The number of nitrogens with one attached hydrogen (secondary N) is 1. The highest BCUT2D eigenvalue weighted by Gasteiger charge is 2.33. The number of nitrogens with zero attached hydrogens (tertiary/aromatic N) is 1. The van der Waals surface area contributed by atoms with Crippen LogP contribution in [0.15, 0.2) is 42.5 Å². The largest absolute Gasteiger partial charge is 0.435 e. The Labute approximate surface area is 141 Å². The molecule has 1 heterocycles. The van der Waals surface area contributed by atoms with Gasteiger partial charge >= 0.3 is 6.61 Å². The Bertz CT molecular complexity index is 865. The van der Waals surface area contributed by atoms with E-state index in [-0.39, 0.29) is 22.4 Å². The average molecular weight is 346 g/mol. The molecular formula is C17H12F2N2O4. The zero-order chi connectivity index (χ0) is 18.1. The van der Waals surface area contributed by atoms with Crippen LogP contribution in [0.5, 0.6) is 5.75 Å². The van der Waals surface area contributed by atoms with Gasteiger partial charge in [-0.2, -0.15) is 8.78 Å². The lowest BCUT2D eigenvalue weighted by atomic mass is 10.1. The molecule has 0 spiro atoms. The molecule has 2 aromatic rings. The van der Waals surface area contributed by atoms with Crippen molar-refractivity contribution in [3.05, 3.63) is 59.2 Å². The summed E-state index contributed by atoms with van der Waals surface area (Å²) in [6.45, 7) is -2.93. The Morgan fingerprint density at radius 3 is 2.32 bits per heavy atom. The van der Waals surface area contributed by atoms with Crippen molar-refractivity contribution in [3.63, 3.8) is 0 Å². The predicted octanol–water partition coefficient (Wildman–Crippen LogP) is 2.77. The fourth-order valence-corrected chi connectivity index (χ4v) is 2.43. The summed E-state index contributed by atoms with van der Waals surface area (Å²) in [6.07, 6.45) is 0. The van der Waals surface area contributed by atoms with Crippen molar-refractivity contribution in [2.75, 3.05) is 12.4 Å². The minimum Gasteiger partial charge on any atom is -0.435 e. The number of alkyl halides is 2. The Kier molecular flexibility index (Phi) is 4.18. The van der Waals surface area contributed by atoms with Crippen LogP contribution in [-0.4, -0.2) is 36.3 Å². The molecule has 128 valence electrons. The van der Waals surface area contributed by atoms with E-state index in [1.54, 1.807) is 0 Å². The lowest BCUT2D eigenvalue weighted by Crippen LogP contribution is -2.24. The van der Waals surface area contributed by atoms with Gasteiger partial charge < -0.3 is 10.1 Å². The zero-order valence-corrected chi connectivity index (χ0v) is 13.0. The number of rotatable bonds is 4. The first-order valence-corrected chi connectivity index (χ1v) is 7.19. The normalized spacial score (nSPS) is 13.2. The summed E-state index contributed by atoms with van der Waals surface area (Å²) in [7, 11) is 1.37. The SMILES string of the molecule is CN1C(=O)c2ccc(C(=O)Nc3ccc(OC(F)F)cc3)cc2C1=O. The second-order valence-corrected chi connectivity index (χ2v) is 5.29. The van der Waals surface area contributed by atoms with E-state index in [4.69, 9.17) is 0 Å². The van der Waals surface area contributed by atoms with Gasteiger partial charge in [0.25, 0.3) is 17.7 Å². The molecule has 0 bridgehead atoms. The number of fused-ring (bicyclic) bond motifs is 1. The third-order valence-electron chi connectivity index (χ3n) is 3.69. The topological polar surface area (TPSA) is 75.7 Å². The number of hydrogen-bond acceptors (Lipinski definition) is 4. The molecule has 6 nitrogen and oxygen atoms in total. The van der Waals surface area contributed by atoms with Gasteiger partial charge in [-0.1, -0.05) is 0 Å². The Balaban J connectivity index is 1.76. The van der Waals surface area contributed by atoms with Crippen molar-refractivity contribution in [1.29, 1.82) is 0 Å². The molecule has 1 aliphatic heterocycles. The third-order valence-corrected chi connectivity index (χ3v) is 3.69. The van der Waals surface area contributed by atoms with Crippen molar-refractivity contribution in [1.82, 2.24) is 4.90 Å². The van der Waals surface area contributed by atoms with Crippen LogP contribution in [0.1, 0.15) is 31.1 Å².